The van der Waals surface area contributed by atoms with Crippen molar-refractivity contribution >= 4 is 0 Å². The van der Waals surface area contributed by atoms with Crippen LogP contribution in [0.3, 0.4) is 0 Å². The smallest absolute Gasteiger partial charge is 0.125 e. The van der Waals surface area contributed by atoms with E-state index in [-0.39, 0.29) is 12.5 Å². The van der Waals surface area contributed by atoms with Gasteiger partial charge in [-0.3, -0.25) is 0 Å². The summed E-state index contributed by atoms with van der Waals surface area (Å²) in [6, 6.07) is 15.6. The molecule has 2 aromatic carbocycles. The Morgan fingerprint density at radius 2 is 1.85 bits per heavy atom. The average molecular weight is 270 g/mol. The zero-order chi connectivity index (χ0) is 13.9. The van der Waals surface area contributed by atoms with Gasteiger partial charge in [0.2, 0.25) is 0 Å². The molecule has 0 spiro atoms. The van der Waals surface area contributed by atoms with E-state index in [2.05, 4.69) is 12.1 Å². The number of rotatable bonds is 3. The van der Waals surface area contributed by atoms with Crippen LogP contribution in [-0.4, -0.2) is 16.8 Å². The summed E-state index contributed by atoms with van der Waals surface area (Å²) in [6.07, 6.45) is 0.273. The molecule has 0 saturated heterocycles. The maximum atomic E-state index is 10.5. The predicted molar refractivity (Wildman–Crippen MR) is 76.5 cm³/mol. The number of aliphatic hydroxyl groups excluding tert-OH is 2. The molecule has 3 nitrogen and oxygen atoms in total. The molecule has 0 unspecified atom stereocenters. The largest absolute Gasteiger partial charge is 0.493 e. The summed E-state index contributed by atoms with van der Waals surface area (Å²) in [4.78, 5) is 0. The molecule has 0 fully saturated rings. The van der Waals surface area contributed by atoms with Crippen LogP contribution in [0.25, 0.3) is 0 Å². The van der Waals surface area contributed by atoms with E-state index in [0.717, 1.165) is 17.5 Å². The van der Waals surface area contributed by atoms with E-state index in [1.165, 1.54) is 5.56 Å². The van der Waals surface area contributed by atoms with Crippen LogP contribution < -0.4 is 4.74 Å². The molecule has 0 bridgehead atoms. The molecule has 1 heterocycles. The van der Waals surface area contributed by atoms with Gasteiger partial charge in [0.05, 0.1) is 19.3 Å². The SMILES string of the molecule is OCc1ccc2c(c1)OC[C@H](Cc1ccccc1)[C@H]2O. The van der Waals surface area contributed by atoms with Gasteiger partial charge in [-0.25, -0.2) is 0 Å². The van der Waals surface area contributed by atoms with Crippen molar-refractivity contribution in [2.75, 3.05) is 6.61 Å². The molecular formula is C17H18O3. The normalized spacial score (nSPS) is 21.1. The van der Waals surface area contributed by atoms with E-state index < -0.39 is 6.10 Å². The zero-order valence-corrected chi connectivity index (χ0v) is 11.2. The Morgan fingerprint density at radius 1 is 1.05 bits per heavy atom. The number of aliphatic hydroxyl groups is 2. The highest BCUT2D eigenvalue weighted by Gasteiger charge is 2.29. The highest BCUT2D eigenvalue weighted by Crippen LogP contribution is 2.37. The molecule has 0 amide bonds. The number of hydrogen-bond acceptors (Lipinski definition) is 3. The fourth-order valence-electron chi connectivity index (χ4n) is 2.68. The van der Waals surface area contributed by atoms with Crippen LogP contribution in [0, 0.1) is 5.92 Å². The van der Waals surface area contributed by atoms with Gasteiger partial charge in [-0.05, 0) is 23.6 Å². The molecule has 2 N–H and O–H groups in total. The number of hydrogen-bond donors (Lipinski definition) is 2. The third kappa shape index (κ3) is 2.55. The van der Waals surface area contributed by atoms with Gasteiger partial charge in [0.15, 0.2) is 0 Å². The predicted octanol–water partition coefficient (Wildman–Crippen LogP) is 2.46. The minimum atomic E-state index is -0.522. The van der Waals surface area contributed by atoms with Crippen molar-refractivity contribution in [1.82, 2.24) is 0 Å². The molecule has 2 aromatic rings. The first kappa shape index (κ1) is 13.2. The summed E-state index contributed by atoms with van der Waals surface area (Å²) in [7, 11) is 0. The van der Waals surface area contributed by atoms with Crippen molar-refractivity contribution in [2.24, 2.45) is 5.92 Å². The minimum Gasteiger partial charge on any atom is -0.493 e. The highest BCUT2D eigenvalue weighted by atomic mass is 16.5. The summed E-state index contributed by atoms with van der Waals surface area (Å²) in [6.45, 7) is 0.484. The van der Waals surface area contributed by atoms with Crippen molar-refractivity contribution in [3.8, 4) is 5.75 Å². The first-order valence-corrected chi connectivity index (χ1v) is 6.86. The fraction of sp³-hybridized carbons (Fsp3) is 0.294. The van der Waals surface area contributed by atoms with Crippen LogP contribution in [0.1, 0.15) is 22.8 Å². The Morgan fingerprint density at radius 3 is 2.60 bits per heavy atom. The van der Waals surface area contributed by atoms with Crippen molar-refractivity contribution in [2.45, 2.75) is 19.1 Å². The quantitative estimate of drug-likeness (QED) is 0.900. The van der Waals surface area contributed by atoms with Gasteiger partial charge in [0.25, 0.3) is 0 Å². The van der Waals surface area contributed by atoms with Crippen LogP contribution in [0.2, 0.25) is 0 Å². The standard InChI is InChI=1S/C17H18O3/c18-10-13-6-7-15-16(9-13)20-11-14(17(15)19)8-12-4-2-1-3-5-12/h1-7,9,14,17-19H,8,10-11H2/t14-,17+/m0/s1. The monoisotopic (exact) mass is 270 g/mol. The van der Waals surface area contributed by atoms with Crippen LogP contribution >= 0.6 is 0 Å². The second-order valence-electron chi connectivity index (χ2n) is 5.24. The van der Waals surface area contributed by atoms with Gasteiger partial charge in [-0.1, -0.05) is 42.5 Å². The van der Waals surface area contributed by atoms with Gasteiger partial charge >= 0.3 is 0 Å². The summed E-state index contributed by atoms with van der Waals surface area (Å²) < 4.78 is 5.75. The lowest BCUT2D eigenvalue weighted by Gasteiger charge is -2.30. The van der Waals surface area contributed by atoms with Crippen LogP contribution in [-0.2, 0) is 13.0 Å². The molecule has 0 saturated carbocycles. The first-order chi connectivity index (χ1) is 9.78. The maximum absolute atomic E-state index is 10.5. The first-order valence-electron chi connectivity index (χ1n) is 6.86. The third-order valence-corrected chi connectivity index (χ3v) is 3.82. The van der Waals surface area contributed by atoms with E-state index in [1.807, 2.05) is 30.3 Å². The molecule has 0 radical (unpaired) electrons. The average Bonchev–Trinajstić information content (AvgIpc) is 2.51. The summed E-state index contributed by atoms with van der Waals surface area (Å²) in [5.41, 5.74) is 2.82. The van der Waals surface area contributed by atoms with Gasteiger partial charge in [-0.2, -0.15) is 0 Å². The Hall–Kier alpha value is -1.84. The lowest BCUT2D eigenvalue weighted by molar-refractivity contribution is 0.0506. The molecule has 0 aromatic heterocycles. The van der Waals surface area contributed by atoms with Crippen LogP contribution in [0.15, 0.2) is 48.5 Å². The summed E-state index contributed by atoms with van der Waals surface area (Å²) in [5.74, 6) is 0.748. The number of benzene rings is 2. The van der Waals surface area contributed by atoms with Crippen LogP contribution in [0.4, 0.5) is 0 Å². The highest BCUT2D eigenvalue weighted by molar-refractivity contribution is 5.40. The topological polar surface area (TPSA) is 49.7 Å². The minimum absolute atomic E-state index is 0.0137. The zero-order valence-electron chi connectivity index (χ0n) is 11.2. The molecule has 2 atom stereocenters. The van der Waals surface area contributed by atoms with E-state index in [0.29, 0.717) is 12.4 Å². The van der Waals surface area contributed by atoms with Crippen molar-refractivity contribution in [3.05, 3.63) is 65.2 Å². The second kappa shape index (κ2) is 5.65. The molecule has 1 aliphatic heterocycles. The fourth-order valence-corrected chi connectivity index (χ4v) is 2.68. The van der Waals surface area contributed by atoms with Crippen molar-refractivity contribution < 1.29 is 14.9 Å². The molecule has 20 heavy (non-hydrogen) atoms. The summed E-state index contributed by atoms with van der Waals surface area (Å²) >= 11 is 0. The van der Waals surface area contributed by atoms with Gasteiger partial charge in [-0.15, -0.1) is 0 Å². The van der Waals surface area contributed by atoms with Gasteiger partial charge < -0.3 is 14.9 Å². The lowest BCUT2D eigenvalue weighted by atomic mass is 9.88. The molecule has 0 aliphatic carbocycles. The molecule has 104 valence electrons. The molecule has 3 heteroatoms. The van der Waals surface area contributed by atoms with Crippen molar-refractivity contribution in [1.29, 1.82) is 0 Å². The van der Waals surface area contributed by atoms with E-state index in [1.54, 1.807) is 6.07 Å². The van der Waals surface area contributed by atoms with Gasteiger partial charge in [0, 0.05) is 11.5 Å². The van der Waals surface area contributed by atoms with E-state index in [4.69, 9.17) is 9.84 Å². The second-order valence-corrected chi connectivity index (χ2v) is 5.24. The van der Waals surface area contributed by atoms with E-state index in [9.17, 15) is 5.11 Å². The van der Waals surface area contributed by atoms with E-state index >= 15 is 0 Å². The number of fused-ring (bicyclic) bond motifs is 1. The van der Waals surface area contributed by atoms with Gasteiger partial charge in [0.1, 0.15) is 5.75 Å². The lowest BCUT2D eigenvalue weighted by Crippen LogP contribution is -2.27. The summed E-state index contributed by atoms with van der Waals surface area (Å²) in [5, 5.41) is 19.6. The van der Waals surface area contributed by atoms with Crippen molar-refractivity contribution in [3.63, 3.8) is 0 Å². The van der Waals surface area contributed by atoms with Crippen LogP contribution in [0.5, 0.6) is 5.75 Å². The maximum Gasteiger partial charge on any atom is 0.125 e. The molecule has 3 rings (SSSR count). The third-order valence-electron chi connectivity index (χ3n) is 3.82. The number of ether oxygens (including phenoxy) is 1. The molecule has 1 aliphatic rings. The molecular weight excluding hydrogens is 252 g/mol. The Labute approximate surface area is 118 Å². The Kier molecular flexibility index (Phi) is 3.72. The Balaban J connectivity index is 1.80. The Bertz CT molecular complexity index is 580.